The van der Waals surface area contributed by atoms with Crippen LogP contribution in [0.4, 0.5) is 17.2 Å². The molecular formula is C68H47N5Si2. The third-order valence-corrected chi connectivity index (χ3v) is 25.6. The SMILES string of the molecule is c1ccc(-n2c3ccccc3c3ccc4c(c32)N(c2cccc([Si](c3ccccc3)(c3ccccc3)c3ccc5c6ccccc6n6ccnc6c5c3)c2)c2ncccc2[Si]4(c2ccccc2)c2ccccc2)cc1. The van der Waals surface area contributed by atoms with Crippen LogP contribution in [0.5, 0.6) is 0 Å². The first kappa shape index (κ1) is 43.2. The van der Waals surface area contributed by atoms with Crippen molar-refractivity contribution in [2.45, 2.75) is 0 Å². The number of hydrogen-bond donors (Lipinski definition) is 0. The van der Waals surface area contributed by atoms with Gasteiger partial charge in [-0.05, 0) is 89.3 Å². The van der Waals surface area contributed by atoms with Gasteiger partial charge in [-0.3, -0.25) is 9.30 Å². The van der Waals surface area contributed by atoms with Crippen molar-refractivity contribution >= 4 is 124 Å². The zero-order valence-electron chi connectivity index (χ0n) is 40.9. The first-order valence-electron chi connectivity index (χ1n) is 25.7. The Hall–Kier alpha value is -9.41. The van der Waals surface area contributed by atoms with Gasteiger partial charge in [0.05, 0.1) is 22.2 Å². The third-order valence-electron chi connectivity index (χ3n) is 16.0. The molecule has 1 aliphatic heterocycles. The Bertz CT molecular complexity index is 4400. The molecule has 15 rings (SSSR count). The van der Waals surface area contributed by atoms with Crippen LogP contribution < -0.4 is 46.4 Å². The summed E-state index contributed by atoms with van der Waals surface area (Å²) in [6, 6.07) is 99.8. The minimum absolute atomic E-state index is 0.949. The van der Waals surface area contributed by atoms with Gasteiger partial charge in [-0.15, -0.1) is 0 Å². The van der Waals surface area contributed by atoms with Crippen molar-refractivity contribution in [3.8, 4) is 5.69 Å². The molecule has 0 N–H and O–H groups in total. The lowest BCUT2D eigenvalue weighted by atomic mass is 10.1. The molecule has 75 heavy (non-hydrogen) atoms. The molecule has 0 spiro atoms. The van der Waals surface area contributed by atoms with E-state index >= 15 is 0 Å². The number of nitrogens with zero attached hydrogens (tertiary/aromatic N) is 5. The average Bonchev–Trinajstić information content (AvgIpc) is 4.13. The molecule has 1 aliphatic rings. The number of aromatic nitrogens is 4. The van der Waals surface area contributed by atoms with Crippen LogP contribution in [0.25, 0.3) is 54.8 Å². The summed E-state index contributed by atoms with van der Waals surface area (Å²) in [4.78, 5) is 13.2. The molecule has 5 heterocycles. The molecule has 5 nitrogen and oxygen atoms in total. The van der Waals surface area contributed by atoms with Crippen LogP contribution in [-0.4, -0.2) is 35.1 Å². The lowest BCUT2D eigenvalue weighted by molar-refractivity contribution is 1.15. The predicted octanol–water partition coefficient (Wildman–Crippen LogP) is 10.7. The number of para-hydroxylation sites is 3. The number of rotatable bonds is 8. The van der Waals surface area contributed by atoms with Gasteiger partial charge in [0.1, 0.15) is 11.5 Å². The van der Waals surface area contributed by atoms with Gasteiger partial charge in [-0.1, -0.05) is 224 Å². The topological polar surface area (TPSA) is 38.4 Å². The van der Waals surface area contributed by atoms with Crippen LogP contribution in [0.3, 0.4) is 0 Å². The maximum atomic E-state index is 5.59. The van der Waals surface area contributed by atoms with E-state index in [0.717, 1.165) is 50.5 Å². The average molecular weight is 990 g/mol. The van der Waals surface area contributed by atoms with E-state index in [2.05, 4.69) is 287 Å². The van der Waals surface area contributed by atoms with Crippen molar-refractivity contribution < 1.29 is 0 Å². The normalized spacial score (nSPS) is 13.1. The summed E-state index contributed by atoms with van der Waals surface area (Å²) in [6.45, 7) is 0. The number of hydrogen-bond acceptors (Lipinski definition) is 3. The summed E-state index contributed by atoms with van der Waals surface area (Å²) in [5.41, 5.74) is 7.75. The molecule has 0 saturated carbocycles. The highest BCUT2D eigenvalue weighted by molar-refractivity contribution is 7.22. The molecule has 0 bridgehead atoms. The monoisotopic (exact) mass is 989 g/mol. The second-order valence-electron chi connectivity index (χ2n) is 19.7. The Balaban J connectivity index is 1.08. The van der Waals surface area contributed by atoms with Gasteiger partial charge in [-0.25, -0.2) is 9.97 Å². The Kier molecular flexibility index (Phi) is 9.85. The third kappa shape index (κ3) is 6.23. The van der Waals surface area contributed by atoms with Gasteiger partial charge in [0.15, 0.2) is 16.1 Å². The van der Waals surface area contributed by atoms with Crippen LogP contribution in [0.2, 0.25) is 0 Å². The van der Waals surface area contributed by atoms with Crippen molar-refractivity contribution in [1.29, 1.82) is 0 Å². The second-order valence-corrected chi connectivity index (χ2v) is 27.2. The number of fused-ring (bicyclic) bond motifs is 12. The zero-order valence-corrected chi connectivity index (χ0v) is 42.9. The maximum absolute atomic E-state index is 5.59. The minimum Gasteiger partial charge on any atom is -0.307 e. The van der Waals surface area contributed by atoms with Gasteiger partial charge < -0.3 is 4.57 Å². The highest BCUT2D eigenvalue weighted by atomic mass is 28.3. The molecule has 352 valence electrons. The molecule has 0 unspecified atom stereocenters. The highest BCUT2D eigenvalue weighted by Crippen LogP contribution is 2.45. The van der Waals surface area contributed by atoms with E-state index in [1.165, 1.54) is 63.0 Å². The predicted molar refractivity (Wildman–Crippen MR) is 318 cm³/mol. The molecule has 14 aromatic rings. The first-order chi connectivity index (χ1) is 37.2. The molecule has 4 aromatic heterocycles. The Morgan fingerprint density at radius 2 is 0.920 bits per heavy atom. The Morgan fingerprint density at radius 1 is 0.360 bits per heavy atom. The minimum atomic E-state index is -3.19. The van der Waals surface area contributed by atoms with E-state index in [1.807, 2.05) is 12.4 Å². The van der Waals surface area contributed by atoms with Gasteiger partial charge in [0.2, 0.25) is 0 Å². The number of anilines is 3. The zero-order chi connectivity index (χ0) is 49.5. The Labute approximate surface area is 436 Å². The molecule has 7 heteroatoms. The molecule has 0 fully saturated rings. The number of imidazole rings is 1. The summed E-state index contributed by atoms with van der Waals surface area (Å²) < 4.78 is 4.75. The van der Waals surface area contributed by atoms with Crippen molar-refractivity contribution in [2.24, 2.45) is 0 Å². The molecule has 0 amide bonds. The fourth-order valence-electron chi connectivity index (χ4n) is 13.0. The number of benzene rings is 10. The first-order valence-corrected chi connectivity index (χ1v) is 29.7. The fraction of sp³-hybridized carbons (Fsp3) is 0. The van der Waals surface area contributed by atoms with Gasteiger partial charge >= 0.3 is 0 Å². The van der Waals surface area contributed by atoms with Crippen LogP contribution >= 0.6 is 0 Å². The summed E-state index contributed by atoms with van der Waals surface area (Å²) in [6.07, 6.45) is 6.01. The van der Waals surface area contributed by atoms with Crippen molar-refractivity contribution in [3.63, 3.8) is 0 Å². The van der Waals surface area contributed by atoms with Crippen molar-refractivity contribution in [1.82, 2.24) is 18.9 Å². The van der Waals surface area contributed by atoms with Crippen LogP contribution in [-0.2, 0) is 0 Å². The largest absolute Gasteiger partial charge is 0.307 e. The van der Waals surface area contributed by atoms with Crippen LogP contribution in [0.1, 0.15) is 0 Å². The van der Waals surface area contributed by atoms with Crippen molar-refractivity contribution in [3.05, 3.63) is 286 Å². The second kappa shape index (κ2) is 17.1. The maximum Gasteiger partial charge on any atom is 0.186 e. The van der Waals surface area contributed by atoms with E-state index in [4.69, 9.17) is 9.97 Å². The molecule has 10 aromatic carbocycles. The standard InChI is InChI=1S/C68H47N5Si2/c1-6-22-48(23-7-1)72-62-37-19-17-35-58(62)59-41-42-63-66(65(59)72)73(68-64(38-21-43-69-68)75(63,52-29-12-4-13-30-52)53-31-14-5-15-32-53)49-24-20-33-54(46-49)74(50-25-8-2-9-26-50,51-27-10-3-11-28-51)55-39-40-56-57-34-16-18-36-61(57)71-45-44-70-67(71)60(56)47-55/h1-47H. The lowest BCUT2D eigenvalue weighted by Gasteiger charge is -2.44. The van der Waals surface area contributed by atoms with E-state index in [0.29, 0.717) is 0 Å². The van der Waals surface area contributed by atoms with E-state index in [1.54, 1.807) is 0 Å². The van der Waals surface area contributed by atoms with Crippen LogP contribution in [0, 0.1) is 0 Å². The summed E-state index contributed by atoms with van der Waals surface area (Å²) in [5, 5.41) is 16.3. The smallest absolute Gasteiger partial charge is 0.186 e. The molecule has 0 radical (unpaired) electrons. The van der Waals surface area contributed by atoms with Gasteiger partial charge in [0.25, 0.3) is 0 Å². The van der Waals surface area contributed by atoms with E-state index in [-0.39, 0.29) is 0 Å². The van der Waals surface area contributed by atoms with E-state index < -0.39 is 16.1 Å². The van der Waals surface area contributed by atoms with Crippen molar-refractivity contribution in [2.75, 3.05) is 4.90 Å². The molecule has 0 atom stereocenters. The molecule has 0 aliphatic carbocycles. The van der Waals surface area contributed by atoms with Gasteiger partial charge in [0, 0.05) is 51.5 Å². The molecule has 0 saturated heterocycles. The summed E-state index contributed by atoms with van der Waals surface area (Å²) in [5.74, 6) is 0.949. The quantitative estimate of drug-likeness (QED) is 0.0865. The summed E-state index contributed by atoms with van der Waals surface area (Å²) in [7, 11) is -6.32. The Morgan fingerprint density at radius 3 is 1.61 bits per heavy atom. The van der Waals surface area contributed by atoms with Crippen LogP contribution in [0.15, 0.2) is 286 Å². The summed E-state index contributed by atoms with van der Waals surface area (Å²) >= 11 is 0. The fourth-order valence-corrected chi connectivity index (χ4v) is 22.8. The van der Waals surface area contributed by atoms with E-state index in [9.17, 15) is 0 Å². The van der Waals surface area contributed by atoms with Gasteiger partial charge in [-0.2, -0.15) is 0 Å². The lowest BCUT2D eigenvalue weighted by Crippen LogP contribution is -2.77. The molecular weight excluding hydrogens is 943 g/mol. The number of pyridine rings is 2. The highest BCUT2D eigenvalue weighted by Gasteiger charge is 2.51.